The molecule has 0 spiro atoms. The zero-order valence-corrected chi connectivity index (χ0v) is 26.3. The summed E-state index contributed by atoms with van der Waals surface area (Å²) in [5.74, 6) is -3.48. The number of carbonyl (C=O) groups excluding carboxylic acids is 2. The van der Waals surface area contributed by atoms with Crippen molar-refractivity contribution in [2.24, 2.45) is 5.92 Å². The van der Waals surface area contributed by atoms with E-state index in [4.69, 9.17) is 0 Å². The topological polar surface area (TPSA) is 80.3 Å². The van der Waals surface area contributed by atoms with Crippen LogP contribution < -0.4 is 113 Å². The van der Waals surface area contributed by atoms with Crippen molar-refractivity contribution in [3.8, 4) is 0 Å². The molecule has 0 aromatic heterocycles. The summed E-state index contributed by atoms with van der Waals surface area (Å²) in [7, 11) is 0. The van der Waals surface area contributed by atoms with Crippen LogP contribution in [-0.4, -0.2) is 11.9 Å². The molecule has 0 N–H and O–H groups in total. The summed E-state index contributed by atoms with van der Waals surface area (Å²) < 4.78 is 0. The van der Waals surface area contributed by atoms with Gasteiger partial charge < -0.3 is 19.8 Å². The predicted octanol–water partition coefficient (Wildman–Crippen LogP) is -1.29. The molecule has 4 nitrogen and oxygen atoms in total. The minimum Gasteiger partial charge on any atom is -0.550 e. The summed E-state index contributed by atoms with van der Waals surface area (Å²) in [5.41, 5.74) is 0. The second kappa shape index (κ2) is 29.0. The smallest absolute Gasteiger partial charge is 0.550 e. The number of carbonyl (C=O) groups is 2. The first-order chi connectivity index (χ1) is 13.6. The van der Waals surface area contributed by atoms with Crippen molar-refractivity contribution >= 4 is 11.9 Å². The summed E-state index contributed by atoms with van der Waals surface area (Å²) in [4.78, 5) is 21.3. The Morgan fingerprint density at radius 3 is 1.47 bits per heavy atom. The van der Waals surface area contributed by atoms with E-state index in [2.05, 4.69) is 19.1 Å². The van der Waals surface area contributed by atoms with E-state index >= 15 is 0 Å². The molecule has 164 valence electrons. The summed E-state index contributed by atoms with van der Waals surface area (Å²) in [5, 5.41) is 21.3. The van der Waals surface area contributed by atoms with Gasteiger partial charge in [-0.2, -0.15) is 0 Å². The third kappa shape index (κ3) is 28.0. The van der Waals surface area contributed by atoms with E-state index < -0.39 is 24.3 Å². The Morgan fingerprint density at radius 1 is 0.667 bits per heavy atom. The average Bonchev–Trinajstić information content (AvgIpc) is 2.65. The number of hydrogen-bond donors (Lipinski definition) is 0. The van der Waals surface area contributed by atoms with E-state index in [-0.39, 0.29) is 103 Å². The van der Waals surface area contributed by atoms with Gasteiger partial charge in [-0.05, 0) is 32.1 Å². The van der Waals surface area contributed by atoms with Crippen molar-refractivity contribution in [2.75, 3.05) is 0 Å². The van der Waals surface area contributed by atoms with Gasteiger partial charge in [0, 0.05) is 17.9 Å². The minimum atomic E-state index is -1.31. The molecular weight excluding hydrogens is 430 g/mol. The fraction of sp³-hybridized carbons (Fsp3) is 0.833. The summed E-state index contributed by atoms with van der Waals surface area (Å²) in [6, 6.07) is 0. The Balaban J connectivity index is -0.00000364. The van der Waals surface area contributed by atoms with Crippen molar-refractivity contribution in [3.63, 3.8) is 0 Å². The molecule has 1 unspecified atom stereocenters. The summed E-state index contributed by atoms with van der Waals surface area (Å²) in [6.07, 6.45) is 24.2. The van der Waals surface area contributed by atoms with Crippen molar-refractivity contribution in [3.05, 3.63) is 12.2 Å². The van der Waals surface area contributed by atoms with Gasteiger partial charge in [-0.3, -0.25) is 0 Å². The van der Waals surface area contributed by atoms with Crippen LogP contribution in [0.2, 0.25) is 0 Å². The third-order valence-corrected chi connectivity index (χ3v) is 5.31. The first-order valence-corrected chi connectivity index (χ1v) is 11.6. The quantitative estimate of drug-likeness (QED) is 0.118. The molecule has 0 aliphatic heterocycles. The maximum absolute atomic E-state index is 10.8. The van der Waals surface area contributed by atoms with Gasteiger partial charge >= 0.3 is 103 Å². The van der Waals surface area contributed by atoms with Crippen molar-refractivity contribution in [1.82, 2.24) is 0 Å². The van der Waals surface area contributed by atoms with Crippen molar-refractivity contribution in [2.45, 2.75) is 122 Å². The second-order valence-corrected chi connectivity index (χ2v) is 8.03. The van der Waals surface area contributed by atoms with Gasteiger partial charge in [0.2, 0.25) is 0 Å². The number of carboxylic acid groups (broad SMARTS) is 2. The van der Waals surface area contributed by atoms with Crippen LogP contribution in [0.15, 0.2) is 12.2 Å². The fourth-order valence-electron chi connectivity index (χ4n) is 3.48. The second-order valence-electron chi connectivity index (χ2n) is 8.03. The van der Waals surface area contributed by atoms with E-state index in [9.17, 15) is 19.8 Å². The van der Waals surface area contributed by atoms with Gasteiger partial charge in [-0.25, -0.2) is 0 Å². The molecular formula is C24H42K2O4. The van der Waals surface area contributed by atoms with E-state index in [1.807, 2.05) is 0 Å². The minimum absolute atomic E-state index is 0. The SMILES string of the molecule is CCCC/C=C/CCCCCCCCCCCCCCC(CC(=O)[O-])C(=O)[O-].[K+].[K+]. The van der Waals surface area contributed by atoms with Gasteiger partial charge in [0.1, 0.15) is 0 Å². The molecule has 0 saturated heterocycles. The van der Waals surface area contributed by atoms with Crippen LogP contribution in [0, 0.1) is 5.92 Å². The molecule has 0 rings (SSSR count). The molecule has 0 radical (unpaired) electrons. The van der Waals surface area contributed by atoms with Gasteiger partial charge in [0.05, 0.1) is 0 Å². The maximum atomic E-state index is 10.8. The maximum Gasteiger partial charge on any atom is 1.00 e. The first kappa shape index (κ1) is 36.5. The summed E-state index contributed by atoms with van der Waals surface area (Å²) >= 11 is 0. The zero-order chi connectivity index (χ0) is 20.9. The zero-order valence-electron chi connectivity index (χ0n) is 20.1. The molecule has 0 fully saturated rings. The van der Waals surface area contributed by atoms with E-state index in [1.165, 1.54) is 83.5 Å². The normalized spacial score (nSPS) is 11.6. The Labute approximate surface area is 270 Å². The molecule has 0 heterocycles. The molecule has 6 heteroatoms. The predicted molar refractivity (Wildman–Crippen MR) is 111 cm³/mol. The van der Waals surface area contributed by atoms with Gasteiger partial charge in [0.25, 0.3) is 0 Å². The first-order valence-electron chi connectivity index (χ1n) is 11.6. The standard InChI is InChI=1S/C24H44O4.2K/c1-2-3-4-5-6-7-8-9-10-11-12-13-14-15-16-17-18-19-20-22(24(27)28)21-23(25)26;;/h5-6,22H,2-4,7-21H2,1H3,(H,25,26)(H,27,28);;/q;2*+1/p-2/b6-5+;;. The number of rotatable bonds is 21. The van der Waals surface area contributed by atoms with Crippen LogP contribution in [0.1, 0.15) is 122 Å². The largest absolute Gasteiger partial charge is 1.00 e. The van der Waals surface area contributed by atoms with E-state index in [0.717, 1.165) is 19.3 Å². The van der Waals surface area contributed by atoms with Crippen molar-refractivity contribution < 1.29 is 123 Å². The molecule has 30 heavy (non-hydrogen) atoms. The average molecular weight is 473 g/mol. The number of carboxylic acids is 2. The van der Waals surface area contributed by atoms with Gasteiger partial charge in [0.15, 0.2) is 0 Å². The monoisotopic (exact) mass is 472 g/mol. The Kier molecular flexibility index (Phi) is 35.3. The summed E-state index contributed by atoms with van der Waals surface area (Å²) in [6.45, 7) is 2.23. The molecule has 1 atom stereocenters. The van der Waals surface area contributed by atoms with Crippen LogP contribution in [-0.2, 0) is 9.59 Å². The van der Waals surface area contributed by atoms with Crippen LogP contribution in [0.3, 0.4) is 0 Å². The van der Waals surface area contributed by atoms with E-state index in [0.29, 0.717) is 6.42 Å². The molecule has 0 aromatic carbocycles. The van der Waals surface area contributed by atoms with E-state index in [1.54, 1.807) is 0 Å². The molecule has 0 aromatic rings. The molecule has 0 aliphatic rings. The van der Waals surface area contributed by atoms with Crippen LogP contribution in [0.5, 0.6) is 0 Å². The molecule has 0 bridgehead atoms. The third-order valence-electron chi connectivity index (χ3n) is 5.31. The molecule has 0 saturated carbocycles. The Hall–Kier alpha value is 1.95. The molecule has 0 aliphatic carbocycles. The number of hydrogen-bond acceptors (Lipinski definition) is 4. The molecule has 0 amide bonds. The van der Waals surface area contributed by atoms with Gasteiger partial charge in [-0.15, -0.1) is 0 Å². The fourth-order valence-corrected chi connectivity index (χ4v) is 3.48. The number of aliphatic carboxylic acids is 2. The van der Waals surface area contributed by atoms with Gasteiger partial charge in [-0.1, -0.05) is 103 Å². The van der Waals surface area contributed by atoms with Crippen LogP contribution >= 0.6 is 0 Å². The Morgan fingerprint density at radius 2 is 1.07 bits per heavy atom. The number of allylic oxidation sites excluding steroid dienone is 2. The Bertz CT molecular complexity index is 414. The number of unbranched alkanes of at least 4 members (excludes halogenated alkanes) is 14. The van der Waals surface area contributed by atoms with Crippen LogP contribution in [0.25, 0.3) is 0 Å². The van der Waals surface area contributed by atoms with Crippen molar-refractivity contribution in [1.29, 1.82) is 0 Å². The van der Waals surface area contributed by atoms with Crippen LogP contribution in [0.4, 0.5) is 0 Å².